The maximum Gasteiger partial charge on any atom is 0.315 e. The summed E-state index contributed by atoms with van der Waals surface area (Å²) in [6, 6.07) is 6.88. The maximum atomic E-state index is 12.1. The van der Waals surface area contributed by atoms with Crippen molar-refractivity contribution in [2.45, 2.75) is 38.8 Å². The molecule has 1 aromatic rings. The molecule has 2 rings (SSSR count). The van der Waals surface area contributed by atoms with Gasteiger partial charge in [-0.05, 0) is 45.0 Å². The third-order valence-corrected chi connectivity index (χ3v) is 3.33. The largest absolute Gasteiger partial charge is 0.497 e. The van der Waals surface area contributed by atoms with E-state index in [1.54, 1.807) is 12.0 Å². The van der Waals surface area contributed by atoms with E-state index in [4.69, 9.17) is 4.74 Å². The number of urea groups is 1. The molecule has 6 heteroatoms. The fourth-order valence-corrected chi connectivity index (χ4v) is 2.38. The minimum absolute atomic E-state index is 0.00576. The summed E-state index contributed by atoms with van der Waals surface area (Å²) in [5.41, 5.74) is 0.508. The van der Waals surface area contributed by atoms with Gasteiger partial charge in [-0.25, -0.2) is 4.79 Å². The number of carbonyl (C=O) groups is 2. The van der Waals surface area contributed by atoms with Gasteiger partial charge in [0, 0.05) is 24.2 Å². The number of methoxy groups -OCH3 is 1. The molecule has 0 aliphatic carbocycles. The summed E-state index contributed by atoms with van der Waals surface area (Å²) in [6.45, 7) is 6.21. The molecule has 1 aliphatic heterocycles. The topological polar surface area (TPSA) is 70.7 Å². The maximum absolute atomic E-state index is 12.1. The van der Waals surface area contributed by atoms with Gasteiger partial charge in [-0.2, -0.15) is 0 Å². The van der Waals surface area contributed by atoms with E-state index in [-0.39, 0.29) is 23.5 Å². The SMILES string of the molecule is COc1ccc(N2CC(NC(=O)NC(C)(C)C)CC2=O)cc1. The van der Waals surface area contributed by atoms with Crippen molar-refractivity contribution in [1.29, 1.82) is 0 Å². The monoisotopic (exact) mass is 305 g/mol. The molecule has 1 aliphatic rings. The van der Waals surface area contributed by atoms with Crippen LogP contribution in [0, 0.1) is 0 Å². The summed E-state index contributed by atoms with van der Waals surface area (Å²) in [7, 11) is 1.60. The lowest BCUT2D eigenvalue weighted by Gasteiger charge is -2.23. The Morgan fingerprint density at radius 1 is 1.27 bits per heavy atom. The fraction of sp³-hybridized carbons (Fsp3) is 0.500. The molecular formula is C16H23N3O3. The van der Waals surface area contributed by atoms with Gasteiger partial charge in [0.15, 0.2) is 0 Å². The highest BCUT2D eigenvalue weighted by molar-refractivity contribution is 5.96. The Hall–Kier alpha value is -2.24. The van der Waals surface area contributed by atoms with E-state index in [1.165, 1.54) is 0 Å². The van der Waals surface area contributed by atoms with Crippen LogP contribution in [-0.2, 0) is 4.79 Å². The van der Waals surface area contributed by atoms with Crippen molar-refractivity contribution in [3.63, 3.8) is 0 Å². The first-order valence-electron chi connectivity index (χ1n) is 7.31. The molecule has 1 unspecified atom stereocenters. The number of carbonyl (C=O) groups excluding carboxylic acids is 2. The third-order valence-electron chi connectivity index (χ3n) is 3.33. The second kappa shape index (κ2) is 6.25. The smallest absolute Gasteiger partial charge is 0.315 e. The van der Waals surface area contributed by atoms with Crippen LogP contribution in [-0.4, -0.2) is 37.2 Å². The van der Waals surface area contributed by atoms with Crippen LogP contribution in [0.3, 0.4) is 0 Å². The van der Waals surface area contributed by atoms with Gasteiger partial charge in [-0.1, -0.05) is 0 Å². The number of anilines is 1. The molecule has 0 bridgehead atoms. The first-order chi connectivity index (χ1) is 10.3. The molecule has 1 aromatic carbocycles. The van der Waals surface area contributed by atoms with E-state index >= 15 is 0 Å². The van der Waals surface area contributed by atoms with Crippen LogP contribution in [0.4, 0.5) is 10.5 Å². The van der Waals surface area contributed by atoms with Crippen LogP contribution in [0.25, 0.3) is 0 Å². The van der Waals surface area contributed by atoms with Crippen molar-refractivity contribution in [3.05, 3.63) is 24.3 Å². The van der Waals surface area contributed by atoms with Gasteiger partial charge >= 0.3 is 6.03 Å². The Morgan fingerprint density at radius 3 is 2.45 bits per heavy atom. The standard InChI is InChI=1S/C16H23N3O3/c1-16(2,3)18-15(21)17-11-9-14(20)19(10-11)12-5-7-13(22-4)8-6-12/h5-8,11H,9-10H2,1-4H3,(H2,17,18,21). The molecule has 3 amide bonds. The Balaban J connectivity index is 1.97. The average Bonchev–Trinajstić information content (AvgIpc) is 2.77. The van der Waals surface area contributed by atoms with E-state index in [0.717, 1.165) is 11.4 Å². The number of benzene rings is 1. The lowest BCUT2D eigenvalue weighted by atomic mass is 10.1. The molecule has 1 saturated heterocycles. The second-order valence-electron chi connectivity index (χ2n) is 6.45. The Kier molecular flexibility index (Phi) is 4.59. The number of ether oxygens (including phenoxy) is 1. The fourth-order valence-electron chi connectivity index (χ4n) is 2.38. The van der Waals surface area contributed by atoms with Crippen LogP contribution in [0.5, 0.6) is 5.75 Å². The van der Waals surface area contributed by atoms with Gasteiger partial charge in [-0.3, -0.25) is 4.79 Å². The molecule has 22 heavy (non-hydrogen) atoms. The predicted molar refractivity (Wildman–Crippen MR) is 85.2 cm³/mol. The highest BCUT2D eigenvalue weighted by Gasteiger charge is 2.32. The minimum atomic E-state index is -0.303. The number of rotatable bonds is 3. The molecule has 1 heterocycles. The van der Waals surface area contributed by atoms with Crippen molar-refractivity contribution >= 4 is 17.6 Å². The van der Waals surface area contributed by atoms with Gasteiger partial charge in [0.2, 0.25) is 5.91 Å². The van der Waals surface area contributed by atoms with Crippen molar-refractivity contribution < 1.29 is 14.3 Å². The Labute approximate surface area is 130 Å². The molecule has 1 atom stereocenters. The molecule has 1 fully saturated rings. The first-order valence-corrected chi connectivity index (χ1v) is 7.31. The zero-order valence-electron chi connectivity index (χ0n) is 13.5. The van der Waals surface area contributed by atoms with Gasteiger partial charge < -0.3 is 20.3 Å². The third kappa shape index (κ3) is 4.13. The van der Waals surface area contributed by atoms with Crippen LogP contribution < -0.4 is 20.3 Å². The van der Waals surface area contributed by atoms with Crippen LogP contribution in [0.15, 0.2) is 24.3 Å². The van der Waals surface area contributed by atoms with E-state index in [9.17, 15) is 9.59 Å². The van der Waals surface area contributed by atoms with Crippen molar-refractivity contribution in [2.75, 3.05) is 18.6 Å². The molecule has 6 nitrogen and oxygen atoms in total. The first kappa shape index (κ1) is 16.1. The highest BCUT2D eigenvalue weighted by Crippen LogP contribution is 2.24. The Bertz CT molecular complexity index is 549. The zero-order valence-corrected chi connectivity index (χ0v) is 13.5. The highest BCUT2D eigenvalue weighted by atomic mass is 16.5. The van der Waals surface area contributed by atoms with Crippen LogP contribution in [0.1, 0.15) is 27.2 Å². The summed E-state index contributed by atoms with van der Waals surface area (Å²) in [6.07, 6.45) is 0.309. The van der Waals surface area contributed by atoms with Crippen LogP contribution >= 0.6 is 0 Å². The van der Waals surface area contributed by atoms with Gasteiger partial charge in [0.05, 0.1) is 13.2 Å². The Morgan fingerprint density at radius 2 is 1.91 bits per heavy atom. The molecule has 0 radical (unpaired) electrons. The zero-order chi connectivity index (χ0) is 16.3. The summed E-state index contributed by atoms with van der Waals surface area (Å²) >= 11 is 0. The van der Waals surface area contributed by atoms with Crippen LogP contribution in [0.2, 0.25) is 0 Å². The quantitative estimate of drug-likeness (QED) is 0.896. The van der Waals surface area contributed by atoms with E-state index < -0.39 is 0 Å². The molecule has 0 spiro atoms. The van der Waals surface area contributed by atoms with Crippen molar-refractivity contribution in [3.8, 4) is 5.75 Å². The molecule has 120 valence electrons. The summed E-state index contributed by atoms with van der Waals surface area (Å²) in [5.74, 6) is 0.751. The molecule has 0 saturated carbocycles. The lowest BCUT2D eigenvalue weighted by molar-refractivity contribution is -0.117. The number of amides is 3. The minimum Gasteiger partial charge on any atom is -0.497 e. The van der Waals surface area contributed by atoms with Gasteiger partial charge in [-0.15, -0.1) is 0 Å². The van der Waals surface area contributed by atoms with Gasteiger partial charge in [0.25, 0.3) is 0 Å². The average molecular weight is 305 g/mol. The number of hydrogen-bond acceptors (Lipinski definition) is 3. The number of nitrogens with one attached hydrogen (secondary N) is 2. The summed E-state index contributed by atoms with van der Waals surface area (Å²) in [5, 5.41) is 5.69. The second-order valence-corrected chi connectivity index (χ2v) is 6.45. The lowest BCUT2D eigenvalue weighted by Crippen LogP contribution is -2.50. The summed E-state index contributed by atoms with van der Waals surface area (Å²) < 4.78 is 5.11. The molecular weight excluding hydrogens is 282 g/mol. The van der Waals surface area contributed by atoms with Crippen molar-refractivity contribution in [2.24, 2.45) is 0 Å². The van der Waals surface area contributed by atoms with E-state index in [2.05, 4.69) is 10.6 Å². The van der Waals surface area contributed by atoms with Gasteiger partial charge in [0.1, 0.15) is 5.75 Å². The predicted octanol–water partition coefficient (Wildman–Crippen LogP) is 1.90. The van der Waals surface area contributed by atoms with E-state index in [0.29, 0.717) is 13.0 Å². The van der Waals surface area contributed by atoms with Crippen molar-refractivity contribution in [1.82, 2.24) is 10.6 Å². The summed E-state index contributed by atoms with van der Waals surface area (Å²) in [4.78, 5) is 25.7. The number of nitrogens with zero attached hydrogens (tertiary/aromatic N) is 1. The molecule has 0 aromatic heterocycles. The number of hydrogen-bond donors (Lipinski definition) is 2. The van der Waals surface area contributed by atoms with E-state index in [1.807, 2.05) is 45.0 Å². The normalized spacial score (nSPS) is 18.3. The molecule has 2 N–H and O–H groups in total.